The Morgan fingerprint density at radius 2 is 2.58 bits per heavy atom. The van der Waals surface area contributed by atoms with E-state index in [0.717, 1.165) is 0 Å². The average molecular weight is 169 g/mol. The first kappa shape index (κ1) is 8.66. The summed E-state index contributed by atoms with van der Waals surface area (Å²) in [6.07, 6.45) is 1.73. The van der Waals surface area contributed by atoms with Crippen LogP contribution in [0.1, 0.15) is 12.2 Å². The normalized spacial score (nSPS) is 9.75. The molecule has 0 unspecified atom stereocenters. The summed E-state index contributed by atoms with van der Waals surface area (Å²) >= 11 is 0. The van der Waals surface area contributed by atoms with Crippen molar-refractivity contribution in [3.05, 3.63) is 12.2 Å². The van der Waals surface area contributed by atoms with Crippen LogP contribution in [0, 0.1) is 0 Å². The summed E-state index contributed by atoms with van der Waals surface area (Å²) in [5.41, 5.74) is 5.18. The summed E-state index contributed by atoms with van der Waals surface area (Å²) in [6, 6.07) is 0. The standard InChI is InChI=1S/C6H11N5O/c7-2-1-6(12)8-3-5-9-4-10-11-5/h4H,1-3,7H2,(H,8,12)(H,9,10,11). The molecule has 1 rings (SSSR count). The first-order chi connectivity index (χ1) is 5.83. The largest absolute Gasteiger partial charge is 0.349 e. The molecule has 1 aromatic heterocycles. The molecule has 4 N–H and O–H groups in total. The molecule has 0 spiro atoms. The first-order valence-corrected chi connectivity index (χ1v) is 3.64. The van der Waals surface area contributed by atoms with Gasteiger partial charge in [-0.15, -0.1) is 0 Å². The van der Waals surface area contributed by atoms with Gasteiger partial charge in [-0.05, 0) is 0 Å². The van der Waals surface area contributed by atoms with Gasteiger partial charge in [-0.3, -0.25) is 9.89 Å². The lowest BCUT2D eigenvalue weighted by atomic mass is 10.4. The maximum atomic E-state index is 10.9. The molecule has 1 heterocycles. The van der Waals surface area contributed by atoms with Crippen LogP contribution in [0.4, 0.5) is 0 Å². The Morgan fingerprint density at radius 1 is 1.75 bits per heavy atom. The second kappa shape index (κ2) is 4.45. The van der Waals surface area contributed by atoms with Crippen molar-refractivity contribution >= 4 is 5.91 Å². The molecule has 0 saturated carbocycles. The minimum Gasteiger partial charge on any atom is -0.349 e. The highest BCUT2D eigenvalue weighted by atomic mass is 16.1. The van der Waals surface area contributed by atoms with Crippen LogP contribution in [0.3, 0.4) is 0 Å². The van der Waals surface area contributed by atoms with Crippen molar-refractivity contribution in [3.8, 4) is 0 Å². The minimum absolute atomic E-state index is 0.0751. The van der Waals surface area contributed by atoms with Gasteiger partial charge in [0.2, 0.25) is 5.91 Å². The zero-order chi connectivity index (χ0) is 8.81. The second-order valence-corrected chi connectivity index (χ2v) is 2.25. The third-order valence-electron chi connectivity index (χ3n) is 1.29. The van der Waals surface area contributed by atoms with Crippen LogP contribution in [0.25, 0.3) is 0 Å². The van der Waals surface area contributed by atoms with E-state index in [2.05, 4.69) is 20.5 Å². The molecule has 6 nitrogen and oxygen atoms in total. The van der Waals surface area contributed by atoms with E-state index in [1.165, 1.54) is 6.33 Å². The predicted molar refractivity (Wildman–Crippen MR) is 41.9 cm³/mol. The van der Waals surface area contributed by atoms with E-state index in [9.17, 15) is 4.79 Å². The Bertz CT molecular complexity index is 232. The van der Waals surface area contributed by atoms with Crippen molar-refractivity contribution in [1.29, 1.82) is 0 Å². The maximum absolute atomic E-state index is 10.9. The molecule has 0 aliphatic rings. The zero-order valence-corrected chi connectivity index (χ0v) is 6.58. The van der Waals surface area contributed by atoms with E-state index in [1.54, 1.807) is 0 Å². The number of aromatic amines is 1. The molecule has 0 bridgehead atoms. The fraction of sp³-hybridized carbons (Fsp3) is 0.500. The Morgan fingerprint density at radius 3 is 3.17 bits per heavy atom. The highest BCUT2D eigenvalue weighted by Gasteiger charge is 1.99. The summed E-state index contributed by atoms with van der Waals surface area (Å²) in [5, 5.41) is 8.89. The quantitative estimate of drug-likeness (QED) is 0.525. The Balaban J connectivity index is 2.22. The number of carbonyl (C=O) groups excluding carboxylic acids is 1. The summed E-state index contributed by atoms with van der Waals surface area (Å²) in [4.78, 5) is 14.7. The molecule has 0 fully saturated rings. The smallest absolute Gasteiger partial charge is 0.221 e. The number of hydrogen-bond donors (Lipinski definition) is 3. The highest BCUT2D eigenvalue weighted by molar-refractivity contribution is 5.75. The van der Waals surface area contributed by atoms with Crippen molar-refractivity contribution in [2.24, 2.45) is 5.73 Å². The SMILES string of the molecule is NCCC(=O)NCc1ncn[nH]1. The topological polar surface area (TPSA) is 96.7 Å². The molecule has 1 amide bonds. The number of rotatable bonds is 4. The van der Waals surface area contributed by atoms with Gasteiger partial charge >= 0.3 is 0 Å². The molecular weight excluding hydrogens is 158 g/mol. The molecule has 0 saturated heterocycles. The lowest BCUT2D eigenvalue weighted by molar-refractivity contribution is -0.121. The van der Waals surface area contributed by atoms with Crippen LogP contribution in [-0.4, -0.2) is 27.6 Å². The van der Waals surface area contributed by atoms with E-state index in [-0.39, 0.29) is 5.91 Å². The summed E-state index contributed by atoms with van der Waals surface area (Å²) in [7, 11) is 0. The van der Waals surface area contributed by atoms with E-state index >= 15 is 0 Å². The first-order valence-electron chi connectivity index (χ1n) is 3.64. The Hall–Kier alpha value is -1.43. The highest BCUT2D eigenvalue weighted by Crippen LogP contribution is 1.84. The Kier molecular flexibility index (Phi) is 3.21. The number of hydrogen-bond acceptors (Lipinski definition) is 4. The van der Waals surface area contributed by atoms with Crippen molar-refractivity contribution in [2.75, 3.05) is 6.54 Å². The van der Waals surface area contributed by atoms with Gasteiger partial charge in [0.15, 0.2) is 0 Å². The number of nitrogens with two attached hydrogens (primary N) is 1. The van der Waals surface area contributed by atoms with E-state index in [0.29, 0.717) is 25.3 Å². The molecule has 0 aliphatic carbocycles. The molecule has 12 heavy (non-hydrogen) atoms. The average Bonchev–Trinajstić information content (AvgIpc) is 2.53. The lowest BCUT2D eigenvalue weighted by Gasteiger charge is -1.99. The molecule has 0 radical (unpaired) electrons. The number of carbonyl (C=O) groups is 1. The van der Waals surface area contributed by atoms with Gasteiger partial charge < -0.3 is 11.1 Å². The van der Waals surface area contributed by atoms with Gasteiger partial charge in [-0.25, -0.2) is 4.98 Å². The van der Waals surface area contributed by atoms with Gasteiger partial charge in [0.1, 0.15) is 12.2 Å². The van der Waals surface area contributed by atoms with Gasteiger partial charge in [-0.1, -0.05) is 0 Å². The van der Waals surface area contributed by atoms with Crippen LogP contribution < -0.4 is 11.1 Å². The van der Waals surface area contributed by atoms with E-state index < -0.39 is 0 Å². The molecule has 0 aromatic carbocycles. The lowest BCUT2D eigenvalue weighted by Crippen LogP contribution is -2.25. The Labute approximate surface area is 69.6 Å². The van der Waals surface area contributed by atoms with Gasteiger partial charge in [0.25, 0.3) is 0 Å². The minimum atomic E-state index is -0.0751. The van der Waals surface area contributed by atoms with Crippen LogP contribution in [0.15, 0.2) is 6.33 Å². The van der Waals surface area contributed by atoms with Crippen molar-refractivity contribution in [2.45, 2.75) is 13.0 Å². The van der Waals surface area contributed by atoms with Gasteiger partial charge in [-0.2, -0.15) is 5.10 Å². The third kappa shape index (κ3) is 2.67. The monoisotopic (exact) mass is 169 g/mol. The molecule has 0 aliphatic heterocycles. The molecular formula is C6H11N5O. The number of H-pyrrole nitrogens is 1. The van der Waals surface area contributed by atoms with Crippen LogP contribution in [0.2, 0.25) is 0 Å². The summed E-state index contributed by atoms with van der Waals surface area (Å²) in [6.45, 7) is 0.737. The maximum Gasteiger partial charge on any atom is 0.221 e. The fourth-order valence-corrected chi connectivity index (χ4v) is 0.718. The number of nitrogens with zero attached hydrogens (tertiary/aromatic N) is 2. The summed E-state index contributed by atoms with van der Waals surface area (Å²) < 4.78 is 0. The second-order valence-electron chi connectivity index (χ2n) is 2.25. The van der Waals surface area contributed by atoms with Crippen molar-refractivity contribution < 1.29 is 4.79 Å². The number of aromatic nitrogens is 3. The fourth-order valence-electron chi connectivity index (χ4n) is 0.718. The van der Waals surface area contributed by atoms with E-state index in [4.69, 9.17) is 5.73 Å². The molecule has 0 atom stereocenters. The van der Waals surface area contributed by atoms with Crippen molar-refractivity contribution in [1.82, 2.24) is 20.5 Å². The third-order valence-corrected chi connectivity index (χ3v) is 1.29. The molecule has 6 heteroatoms. The van der Waals surface area contributed by atoms with Crippen LogP contribution in [-0.2, 0) is 11.3 Å². The summed E-state index contributed by atoms with van der Waals surface area (Å²) in [5.74, 6) is 0.564. The number of amides is 1. The van der Waals surface area contributed by atoms with Crippen LogP contribution >= 0.6 is 0 Å². The van der Waals surface area contributed by atoms with Gasteiger partial charge in [0.05, 0.1) is 6.54 Å². The number of nitrogens with one attached hydrogen (secondary N) is 2. The molecule has 1 aromatic rings. The van der Waals surface area contributed by atoms with E-state index in [1.807, 2.05) is 0 Å². The zero-order valence-electron chi connectivity index (χ0n) is 6.58. The van der Waals surface area contributed by atoms with Crippen molar-refractivity contribution in [3.63, 3.8) is 0 Å². The van der Waals surface area contributed by atoms with Crippen LogP contribution in [0.5, 0.6) is 0 Å². The predicted octanol–water partition coefficient (Wildman–Crippen LogP) is -1.23. The van der Waals surface area contributed by atoms with Gasteiger partial charge in [0, 0.05) is 13.0 Å². The molecule has 66 valence electrons.